The van der Waals surface area contributed by atoms with E-state index in [4.69, 9.17) is 9.47 Å². The molecule has 2 unspecified atom stereocenters. The van der Waals surface area contributed by atoms with Crippen molar-refractivity contribution in [2.24, 2.45) is 7.05 Å². The molecule has 0 radical (unpaired) electrons. The zero-order valence-electron chi connectivity index (χ0n) is 17.1. The first-order valence-corrected chi connectivity index (χ1v) is 11.3. The Morgan fingerprint density at radius 1 is 1.19 bits per heavy atom. The number of aryl methyl sites for hydroxylation is 2. The second-order valence-corrected chi connectivity index (χ2v) is 9.45. The fourth-order valence-electron chi connectivity index (χ4n) is 3.65. The number of rotatable bonds is 7. The van der Waals surface area contributed by atoms with Crippen LogP contribution < -0.4 is 15.4 Å². The second-order valence-electron chi connectivity index (χ2n) is 7.70. The molecule has 32 heavy (non-hydrogen) atoms. The molecule has 176 valence electrons. The molecule has 2 aromatic heterocycles. The van der Waals surface area contributed by atoms with Gasteiger partial charge in [0.1, 0.15) is 18.0 Å². The largest absolute Gasteiger partial charge is 0.404 e. The molecule has 2 saturated heterocycles. The van der Waals surface area contributed by atoms with Gasteiger partial charge in [0.15, 0.2) is 5.75 Å². The highest BCUT2D eigenvalue weighted by Crippen LogP contribution is 2.30. The van der Waals surface area contributed by atoms with Crippen molar-refractivity contribution in [1.82, 2.24) is 24.5 Å². The first-order valence-electron chi connectivity index (χ1n) is 9.65. The van der Waals surface area contributed by atoms with Crippen molar-refractivity contribution in [2.45, 2.75) is 37.4 Å². The summed E-state index contributed by atoms with van der Waals surface area (Å²) >= 11 is 0. The number of aromatic nitrogens is 4. The van der Waals surface area contributed by atoms with Gasteiger partial charge in [-0.05, 0) is 6.92 Å². The van der Waals surface area contributed by atoms with Gasteiger partial charge < -0.3 is 20.1 Å². The number of nitrogens with zero attached hydrogens (tertiary/aromatic N) is 4. The fraction of sp³-hybridized carbons (Fsp3) is 0.588. The van der Waals surface area contributed by atoms with E-state index in [1.807, 2.05) is 11.6 Å². The third-order valence-corrected chi connectivity index (χ3v) is 6.36. The first kappa shape index (κ1) is 22.7. The van der Waals surface area contributed by atoms with Crippen molar-refractivity contribution in [3.63, 3.8) is 0 Å². The molecule has 0 bridgehead atoms. The van der Waals surface area contributed by atoms with E-state index in [0.29, 0.717) is 17.5 Å². The maximum atomic E-state index is 12.5. The van der Waals surface area contributed by atoms with Crippen LogP contribution in [-0.4, -0.2) is 77.6 Å². The van der Waals surface area contributed by atoms with Crippen molar-refractivity contribution in [2.75, 3.05) is 29.6 Å². The summed E-state index contributed by atoms with van der Waals surface area (Å²) < 4.78 is 76.1. The van der Waals surface area contributed by atoms with Crippen LogP contribution in [0.4, 0.5) is 30.6 Å². The Bertz CT molecular complexity index is 1080. The van der Waals surface area contributed by atoms with Crippen LogP contribution >= 0.6 is 0 Å². The third-order valence-electron chi connectivity index (χ3n) is 4.99. The number of ether oxygens (including phenoxy) is 2. The van der Waals surface area contributed by atoms with Gasteiger partial charge in [-0.3, -0.25) is 4.68 Å². The standard InChI is InChI=1S/C17H22F3N7O4S/c1-9-3-21-16(23-10-4-22-27(2)5-10)25-15(9)24-11-6-30-14-12(7-31-13(11)14)26-32(28,29)8-17(18,19)20/h3-5,11-14,26H,6-8H2,1-2H3,(H2,21,23,24,25)/t11-,12+,13?,14?/m1/s1. The van der Waals surface area contributed by atoms with Crippen LogP contribution in [-0.2, 0) is 26.5 Å². The maximum absolute atomic E-state index is 12.5. The minimum absolute atomic E-state index is 0.0961. The average Bonchev–Trinajstić information content (AvgIpc) is 3.35. The number of nitrogens with one attached hydrogen (secondary N) is 3. The molecule has 2 aliphatic heterocycles. The van der Waals surface area contributed by atoms with Gasteiger partial charge in [-0.2, -0.15) is 23.3 Å². The first-order chi connectivity index (χ1) is 15.0. The summed E-state index contributed by atoms with van der Waals surface area (Å²) in [5.74, 6) is -1.10. The van der Waals surface area contributed by atoms with Gasteiger partial charge in [-0.1, -0.05) is 0 Å². The van der Waals surface area contributed by atoms with E-state index in [1.165, 1.54) is 0 Å². The summed E-state index contributed by atoms with van der Waals surface area (Å²) in [6.45, 7) is 1.88. The summed E-state index contributed by atoms with van der Waals surface area (Å²) in [6.07, 6.45) is -1.10. The molecule has 2 aliphatic rings. The summed E-state index contributed by atoms with van der Waals surface area (Å²) in [5.41, 5.74) is 1.46. The van der Waals surface area contributed by atoms with Crippen LogP contribution in [0.2, 0.25) is 0 Å². The number of hydrogen-bond acceptors (Lipinski definition) is 9. The van der Waals surface area contributed by atoms with Gasteiger partial charge in [0, 0.05) is 25.0 Å². The Hall–Kier alpha value is -2.49. The highest BCUT2D eigenvalue weighted by atomic mass is 32.2. The zero-order chi connectivity index (χ0) is 23.1. The topological polar surface area (TPSA) is 132 Å². The number of anilines is 3. The van der Waals surface area contributed by atoms with Gasteiger partial charge in [-0.25, -0.2) is 18.1 Å². The highest BCUT2D eigenvalue weighted by molar-refractivity contribution is 7.89. The van der Waals surface area contributed by atoms with Crippen LogP contribution in [0.5, 0.6) is 0 Å². The van der Waals surface area contributed by atoms with E-state index < -0.39 is 40.2 Å². The Kier molecular flexibility index (Phi) is 6.00. The molecule has 4 heterocycles. The van der Waals surface area contributed by atoms with Crippen LogP contribution in [0.15, 0.2) is 18.6 Å². The molecule has 0 aliphatic carbocycles. The summed E-state index contributed by atoms with van der Waals surface area (Å²) in [4.78, 5) is 8.69. The lowest BCUT2D eigenvalue weighted by molar-refractivity contribution is -0.106. The van der Waals surface area contributed by atoms with Gasteiger partial charge >= 0.3 is 6.18 Å². The van der Waals surface area contributed by atoms with Crippen molar-refractivity contribution in [1.29, 1.82) is 0 Å². The normalized spacial score (nSPS) is 25.7. The second kappa shape index (κ2) is 8.46. The van der Waals surface area contributed by atoms with Crippen LogP contribution in [0.25, 0.3) is 0 Å². The van der Waals surface area contributed by atoms with Crippen LogP contribution in [0.1, 0.15) is 5.56 Å². The van der Waals surface area contributed by atoms with Crippen molar-refractivity contribution >= 4 is 27.5 Å². The average molecular weight is 477 g/mol. The van der Waals surface area contributed by atoms with Crippen LogP contribution in [0.3, 0.4) is 0 Å². The van der Waals surface area contributed by atoms with Crippen LogP contribution in [0, 0.1) is 6.92 Å². The Morgan fingerprint density at radius 2 is 1.88 bits per heavy atom. The minimum atomic E-state index is -4.84. The number of sulfonamides is 1. The van der Waals surface area contributed by atoms with Gasteiger partial charge in [0.05, 0.1) is 37.2 Å². The van der Waals surface area contributed by atoms with Crippen molar-refractivity contribution in [3.05, 3.63) is 24.2 Å². The molecule has 11 nitrogen and oxygen atoms in total. The Labute approximate surface area is 181 Å². The van der Waals surface area contributed by atoms with Crippen molar-refractivity contribution < 1.29 is 31.1 Å². The Morgan fingerprint density at radius 3 is 2.53 bits per heavy atom. The molecule has 4 rings (SSSR count). The minimum Gasteiger partial charge on any atom is -0.371 e. The molecular formula is C17H22F3N7O4S. The zero-order valence-corrected chi connectivity index (χ0v) is 17.9. The van der Waals surface area contributed by atoms with Gasteiger partial charge in [0.25, 0.3) is 0 Å². The number of hydrogen-bond donors (Lipinski definition) is 3. The summed E-state index contributed by atoms with van der Waals surface area (Å²) in [6, 6.07) is -1.29. The molecule has 15 heteroatoms. The van der Waals surface area contributed by atoms with E-state index in [1.54, 1.807) is 30.3 Å². The molecule has 0 aromatic carbocycles. The number of fused-ring (bicyclic) bond motifs is 1. The Balaban J connectivity index is 1.41. The fourth-order valence-corrected chi connectivity index (χ4v) is 4.83. The van der Waals surface area contributed by atoms with E-state index >= 15 is 0 Å². The van der Waals surface area contributed by atoms with Gasteiger partial charge in [-0.15, -0.1) is 0 Å². The quantitative estimate of drug-likeness (QED) is 0.527. The summed E-state index contributed by atoms with van der Waals surface area (Å²) in [7, 11) is -2.79. The smallest absolute Gasteiger partial charge is 0.371 e. The molecule has 4 atom stereocenters. The van der Waals surface area contributed by atoms with E-state index in [-0.39, 0.29) is 19.3 Å². The predicted molar refractivity (Wildman–Crippen MR) is 107 cm³/mol. The number of alkyl halides is 3. The highest BCUT2D eigenvalue weighted by Gasteiger charge is 2.49. The lowest BCUT2D eigenvalue weighted by Gasteiger charge is -2.20. The van der Waals surface area contributed by atoms with E-state index in [0.717, 1.165) is 5.56 Å². The maximum Gasteiger partial charge on any atom is 0.404 e. The molecular weight excluding hydrogens is 455 g/mol. The van der Waals surface area contributed by atoms with E-state index in [2.05, 4.69) is 25.7 Å². The SMILES string of the molecule is Cc1cnc(Nc2cnn(C)c2)nc1N[C@@H]1COC2C1OC[C@@H]2NS(=O)(=O)CC(F)(F)F. The molecule has 0 spiro atoms. The molecule has 2 fully saturated rings. The van der Waals surface area contributed by atoms with E-state index in [9.17, 15) is 21.6 Å². The number of halogens is 3. The molecule has 0 amide bonds. The van der Waals surface area contributed by atoms with Crippen molar-refractivity contribution in [3.8, 4) is 0 Å². The lowest BCUT2D eigenvalue weighted by atomic mass is 10.1. The molecule has 3 N–H and O–H groups in total. The molecule has 2 aromatic rings. The third kappa shape index (κ3) is 5.28. The molecule has 0 saturated carbocycles. The monoisotopic (exact) mass is 477 g/mol. The predicted octanol–water partition coefficient (Wildman–Crippen LogP) is 0.691. The van der Waals surface area contributed by atoms with Gasteiger partial charge in [0.2, 0.25) is 16.0 Å². The lowest BCUT2D eigenvalue weighted by Crippen LogP contribution is -2.47. The summed E-state index contributed by atoms with van der Waals surface area (Å²) in [5, 5.41) is 10.3.